The molecule has 1 heterocycles. The third kappa shape index (κ3) is 5.00. The summed E-state index contributed by atoms with van der Waals surface area (Å²) in [5.41, 5.74) is -1.08. The summed E-state index contributed by atoms with van der Waals surface area (Å²) >= 11 is 0. The first-order valence-electron chi connectivity index (χ1n) is 10.5. The van der Waals surface area contributed by atoms with E-state index in [1.54, 1.807) is 6.92 Å². The lowest BCUT2D eigenvalue weighted by Gasteiger charge is -2.47. The van der Waals surface area contributed by atoms with Crippen molar-refractivity contribution < 1.29 is 22.4 Å². The van der Waals surface area contributed by atoms with Gasteiger partial charge in [-0.2, -0.15) is 4.31 Å². The van der Waals surface area contributed by atoms with Gasteiger partial charge in [-0.3, -0.25) is 14.5 Å². The van der Waals surface area contributed by atoms with Crippen LogP contribution < -0.4 is 10.2 Å². The number of carbonyl (C=O) groups excluding carboxylic acids is 2. The fourth-order valence-electron chi connectivity index (χ4n) is 4.34. The minimum Gasteiger partial charge on any atom is -0.351 e. The molecule has 166 valence electrons. The molecule has 2 aliphatic rings. The SMILES string of the molecule is CC1(C(=O)NC2CCCCCCC2)CN(S(C)(=O)=O)CC(=O)N1c1ccc(F)cc1. The Balaban J connectivity index is 1.92. The number of rotatable bonds is 4. The van der Waals surface area contributed by atoms with Gasteiger partial charge in [-0.25, -0.2) is 12.8 Å². The van der Waals surface area contributed by atoms with E-state index in [9.17, 15) is 22.4 Å². The van der Waals surface area contributed by atoms with Crippen LogP contribution in [0.2, 0.25) is 0 Å². The van der Waals surface area contributed by atoms with E-state index in [1.165, 1.54) is 35.6 Å². The Morgan fingerprint density at radius 3 is 2.23 bits per heavy atom. The Morgan fingerprint density at radius 2 is 1.67 bits per heavy atom. The minimum absolute atomic E-state index is 0.00611. The topological polar surface area (TPSA) is 86.8 Å². The monoisotopic (exact) mass is 439 g/mol. The summed E-state index contributed by atoms with van der Waals surface area (Å²) in [6.45, 7) is 1.06. The number of nitrogens with one attached hydrogen (secondary N) is 1. The van der Waals surface area contributed by atoms with Gasteiger partial charge in [0.05, 0.1) is 12.8 Å². The molecule has 1 saturated heterocycles. The number of anilines is 1. The van der Waals surface area contributed by atoms with E-state index in [2.05, 4.69) is 5.32 Å². The van der Waals surface area contributed by atoms with Crippen LogP contribution in [0.5, 0.6) is 0 Å². The summed E-state index contributed by atoms with van der Waals surface area (Å²) in [6, 6.07) is 5.31. The van der Waals surface area contributed by atoms with Gasteiger partial charge in [0, 0.05) is 18.3 Å². The van der Waals surface area contributed by atoms with E-state index >= 15 is 0 Å². The molecule has 1 atom stereocenters. The molecule has 1 saturated carbocycles. The van der Waals surface area contributed by atoms with Crippen molar-refractivity contribution in [2.45, 2.75) is 63.5 Å². The minimum atomic E-state index is -3.67. The first-order valence-corrected chi connectivity index (χ1v) is 12.3. The molecule has 0 radical (unpaired) electrons. The number of hydrogen-bond acceptors (Lipinski definition) is 4. The quantitative estimate of drug-likeness (QED) is 0.781. The van der Waals surface area contributed by atoms with Crippen molar-refractivity contribution in [1.29, 1.82) is 0 Å². The third-order valence-corrected chi connectivity index (χ3v) is 7.22. The number of hydrogen-bond donors (Lipinski definition) is 1. The average molecular weight is 440 g/mol. The zero-order chi connectivity index (χ0) is 21.9. The largest absolute Gasteiger partial charge is 0.351 e. The number of sulfonamides is 1. The summed E-state index contributed by atoms with van der Waals surface area (Å²) < 4.78 is 38.8. The van der Waals surface area contributed by atoms with Crippen LogP contribution in [-0.2, 0) is 19.6 Å². The van der Waals surface area contributed by atoms with Gasteiger partial charge < -0.3 is 5.32 Å². The van der Waals surface area contributed by atoms with Crippen LogP contribution in [0.4, 0.5) is 10.1 Å². The van der Waals surface area contributed by atoms with Crippen molar-refractivity contribution in [3.63, 3.8) is 0 Å². The van der Waals surface area contributed by atoms with Crippen molar-refractivity contribution in [2.75, 3.05) is 24.2 Å². The Hall–Kier alpha value is -2.00. The Morgan fingerprint density at radius 1 is 1.10 bits per heavy atom. The Labute approximate surface area is 177 Å². The average Bonchev–Trinajstić information content (AvgIpc) is 2.64. The zero-order valence-electron chi connectivity index (χ0n) is 17.6. The second kappa shape index (κ2) is 9.01. The molecule has 9 heteroatoms. The zero-order valence-corrected chi connectivity index (χ0v) is 18.4. The molecule has 1 N–H and O–H groups in total. The van der Waals surface area contributed by atoms with Gasteiger partial charge in [-0.05, 0) is 44.0 Å². The van der Waals surface area contributed by atoms with Crippen molar-refractivity contribution in [1.82, 2.24) is 9.62 Å². The van der Waals surface area contributed by atoms with Crippen LogP contribution in [-0.4, -0.2) is 55.5 Å². The van der Waals surface area contributed by atoms with Crippen molar-refractivity contribution in [3.05, 3.63) is 30.1 Å². The van der Waals surface area contributed by atoms with Gasteiger partial charge in [0.2, 0.25) is 21.8 Å². The first kappa shape index (κ1) is 22.7. The molecular formula is C21H30FN3O4S. The predicted octanol–water partition coefficient (Wildman–Crippen LogP) is 2.42. The van der Waals surface area contributed by atoms with E-state index in [0.29, 0.717) is 5.69 Å². The standard InChI is InChI=1S/C21H30FN3O4S/c1-21(20(27)23-17-8-6-4-3-5-7-9-17)15-24(30(2,28)29)14-19(26)25(21)18-12-10-16(22)11-13-18/h10-13,17H,3-9,14-15H2,1-2H3,(H,23,27). The molecule has 0 aromatic heterocycles. The van der Waals surface area contributed by atoms with E-state index in [1.807, 2.05) is 0 Å². The molecule has 2 amide bonds. The van der Waals surface area contributed by atoms with Gasteiger partial charge in [0.15, 0.2) is 0 Å². The summed E-state index contributed by atoms with van der Waals surface area (Å²) in [4.78, 5) is 27.8. The molecule has 2 fully saturated rings. The van der Waals surface area contributed by atoms with Gasteiger partial charge in [-0.15, -0.1) is 0 Å². The molecule has 3 rings (SSSR count). The molecule has 1 unspecified atom stereocenters. The number of halogens is 1. The number of nitrogens with zero attached hydrogens (tertiary/aromatic N) is 2. The highest BCUT2D eigenvalue weighted by molar-refractivity contribution is 7.88. The molecule has 1 aliphatic carbocycles. The van der Waals surface area contributed by atoms with Crippen LogP contribution in [0.1, 0.15) is 51.9 Å². The van der Waals surface area contributed by atoms with Gasteiger partial charge in [-0.1, -0.05) is 32.1 Å². The molecule has 0 spiro atoms. The van der Waals surface area contributed by atoms with Crippen molar-refractivity contribution in [3.8, 4) is 0 Å². The summed E-state index contributed by atoms with van der Waals surface area (Å²) in [5, 5.41) is 3.07. The van der Waals surface area contributed by atoms with Crippen LogP contribution in [0, 0.1) is 5.82 Å². The summed E-state index contributed by atoms with van der Waals surface area (Å²) in [7, 11) is -3.67. The number of amides is 2. The molecule has 1 aromatic rings. The highest BCUT2D eigenvalue weighted by Gasteiger charge is 2.50. The fraction of sp³-hybridized carbons (Fsp3) is 0.619. The maximum atomic E-state index is 13.5. The van der Waals surface area contributed by atoms with Crippen molar-refractivity contribution in [2.24, 2.45) is 0 Å². The highest BCUT2D eigenvalue weighted by Crippen LogP contribution is 2.31. The van der Waals surface area contributed by atoms with E-state index < -0.39 is 27.3 Å². The fourth-order valence-corrected chi connectivity index (χ4v) is 5.17. The summed E-state index contributed by atoms with van der Waals surface area (Å²) in [6.07, 6.45) is 8.27. The van der Waals surface area contributed by atoms with Gasteiger partial charge in [0.1, 0.15) is 11.4 Å². The number of benzene rings is 1. The van der Waals surface area contributed by atoms with E-state index in [0.717, 1.165) is 49.1 Å². The summed E-state index contributed by atoms with van der Waals surface area (Å²) in [5.74, 6) is -1.37. The Kier molecular flexibility index (Phi) is 6.81. The lowest BCUT2D eigenvalue weighted by Crippen LogP contribution is -2.70. The number of piperazine rings is 1. The van der Waals surface area contributed by atoms with Crippen molar-refractivity contribution >= 4 is 27.5 Å². The third-order valence-electron chi connectivity index (χ3n) is 6.02. The molecular weight excluding hydrogens is 409 g/mol. The first-order chi connectivity index (χ1) is 14.1. The Bertz CT molecular complexity index is 882. The maximum Gasteiger partial charge on any atom is 0.247 e. The lowest BCUT2D eigenvalue weighted by atomic mass is 9.92. The highest BCUT2D eigenvalue weighted by atomic mass is 32.2. The molecule has 1 aromatic carbocycles. The normalized spacial score (nSPS) is 24.9. The molecule has 7 nitrogen and oxygen atoms in total. The van der Waals surface area contributed by atoms with Gasteiger partial charge in [0.25, 0.3) is 0 Å². The van der Waals surface area contributed by atoms with Crippen LogP contribution in [0.25, 0.3) is 0 Å². The van der Waals surface area contributed by atoms with Crippen LogP contribution >= 0.6 is 0 Å². The lowest BCUT2D eigenvalue weighted by molar-refractivity contribution is -0.133. The maximum absolute atomic E-state index is 13.5. The van der Waals surface area contributed by atoms with Crippen LogP contribution in [0.15, 0.2) is 24.3 Å². The van der Waals surface area contributed by atoms with Crippen LogP contribution in [0.3, 0.4) is 0 Å². The second-order valence-electron chi connectivity index (χ2n) is 8.53. The smallest absolute Gasteiger partial charge is 0.247 e. The predicted molar refractivity (Wildman–Crippen MR) is 113 cm³/mol. The molecule has 30 heavy (non-hydrogen) atoms. The number of carbonyl (C=O) groups is 2. The molecule has 1 aliphatic heterocycles. The second-order valence-corrected chi connectivity index (χ2v) is 10.5. The molecule has 0 bridgehead atoms. The van der Waals surface area contributed by atoms with E-state index in [-0.39, 0.29) is 25.0 Å². The van der Waals surface area contributed by atoms with E-state index in [4.69, 9.17) is 0 Å². The van der Waals surface area contributed by atoms with Gasteiger partial charge >= 0.3 is 0 Å².